The van der Waals surface area contributed by atoms with E-state index in [9.17, 15) is 0 Å². The molecule has 0 saturated carbocycles. The summed E-state index contributed by atoms with van der Waals surface area (Å²) in [6, 6.07) is 4.77. The zero-order chi connectivity index (χ0) is 12.2. The number of hydrogen-bond acceptors (Lipinski definition) is 3. The number of rotatable bonds is 6. The first-order chi connectivity index (χ1) is 7.44. The Morgan fingerprint density at radius 3 is 2.62 bits per heavy atom. The SMILES string of the molecule is CCOC(C)(C)CNC(C)c1ccc(C)s1. The lowest BCUT2D eigenvalue weighted by molar-refractivity contribution is -0.0102. The maximum atomic E-state index is 5.66. The second-order valence-corrected chi connectivity index (χ2v) is 6.06. The summed E-state index contributed by atoms with van der Waals surface area (Å²) in [5, 5.41) is 3.52. The molecule has 1 N–H and O–H groups in total. The molecule has 3 heteroatoms. The fourth-order valence-corrected chi connectivity index (χ4v) is 2.53. The van der Waals surface area contributed by atoms with E-state index >= 15 is 0 Å². The third kappa shape index (κ3) is 4.24. The summed E-state index contributed by atoms with van der Waals surface area (Å²) in [6.07, 6.45) is 0. The van der Waals surface area contributed by atoms with Gasteiger partial charge in [0.2, 0.25) is 0 Å². The van der Waals surface area contributed by atoms with Crippen LogP contribution in [0.2, 0.25) is 0 Å². The minimum absolute atomic E-state index is 0.0880. The summed E-state index contributed by atoms with van der Waals surface area (Å²) >= 11 is 1.86. The largest absolute Gasteiger partial charge is 0.375 e. The molecular formula is C13H23NOS. The van der Waals surface area contributed by atoms with Gasteiger partial charge in [0.25, 0.3) is 0 Å². The van der Waals surface area contributed by atoms with Crippen molar-refractivity contribution in [2.75, 3.05) is 13.2 Å². The zero-order valence-corrected chi connectivity index (χ0v) is 11.8. The van der Waals surface area contributed by atoms with E-state index in [2.05, 4.69) is 45.1 Å². The van der Waals surface area contributed by atoms with Gasteiger partial charge in [0, 0.05) is 28.9 Å². The fourth-order valence-electron chi connectivity index (χ4n) is 1.63. The van der Waals surface area contributed by atoms with Crippen molar-refractivity contribution in [1.82, 2.24) is 5.32 Å². The molecule has 0 amide bonds. The Morgan fingerprint density at radius 2 is 2.12 bits per heavy atom. The van der Waals surface area contributed by atoms with E-state index in [4.69, 9.17) is 4.74 Å². The first-order valence-electron chi connectivity index (χ1n) is 5.88. The molecule has 0 spiro atoms. The monoisotopic (exact) mass is 241 g/mol. The number of aryl methyl sites for hydroxylation is 1. The average Bonchev–Trinajstić information content (AvgIpc) is 2.61. The molecule has 16 heavy (non-hydrogen) atoms. The molecule has 0 fully saturated rings. The molecular weight excluding hydrogens is 218 g/mol. The molecule has 92 valence electrons. The number of ether oxygens (including phenoxy) is 1. The lowest BCUT2D eigenvalue weighted by atomic mass is 10.1. The van der Waals surface area contributed by atoms with E-state index < -0.39 is 0 Å². The van der Waals surface area contributed by atoms with E-state index in [1.807, 2.05) is 18.3 Å². The smallest absolute Gasteiger partial charge is 0.0750 e. The highest BCUT2D eigenvalue weighted by atomic mass is 32.1. The summed E-state index contributed by atoms with van der Waals surface area (Å²) in [5.74, 6) is 0. The molecule has 1 aromatic heterocycles. The molecule has 1 heterocycles. The molecule has 1 unspecified atom stereocenters. The van der Waals surface area contributed by atoms with Gasteiger partial charge in [0.15, 0.2) is 0 Å². The van der Waals surface area contributed by atoms with Gasteiger partial charge in [-0.1, -0.05) is 0 Å². The molecule has 0 saturated heterocycles. The topological polar surface area (TPSA) is 21.3 Å². The molecule has 2 nitrogen and oxygen atoms in total. The lowest BCUT2D eigenvalue weighted by Gasteiger charge is -2.26. The predicted octanol–water partition coefficient (Wildman–Crippen LogP) is 3.52. The van der Waals surface area contributed by atoms with E-state index in [1.54, 1.807) is 0 Å². The summed E-state index contributed by atoms with van der Waals surface area (Å²) in [5.41, 5.74) is -0.0880. The highest BCUT2D eigenvalue weighted by Crippen LogP contribution is 2.22. The van der Waals surface area contributed by atoms with Crippen molar-refractivity contribution in [3.05, 3.63) is 21.9 Å². The van der Waals surface area contributed by atoms with Gasteiger partial charge < -0.3 is 10.1 Å². The Balaban J connectivity index is 2.43. The van der Waals surface area contributed by atoms with Gasteiger partial charge in [-0.3, -0.25) is 0 Å². The second-order valence-electron chi connectivity index (χ2n) is 4.74. The van der Waals surface area contributed by atoms with Gasteiger partial charge in [-0.15, -0.1) is 11.3 Å². The van der Waals surface area contributed by atoms with Crippen LogP contribution in [0.1, 0.15) is 43.5 Å². The van der Waals surface area contributed by atoms with E-state index in [0.29, 0.717) is 6.04 Å². The molecule has 0 aliphatic heterocycles. The van der Waals surface area contributed by atoms with Crippen molar-refractivity contribution in [2.24, 2.45) is 0 Å². The van der Waals surface area contributed by atoms with Crippen molar-refractivity contribution in [2.45, 2.75) is 46.3 Å². The first-order valence-corrected chi connectivity index (χ1v) is 6.70. The van der Waals surface area contributed by atoms with Crippen molar-refractivity contribution < 1.29 is 4.74 Å². The van der Waals surface area contributed by atoms with Crippen LogP contribution in [0, 0.1) is 6.92 Å². The Bertz CT molecular complexity index is 319. The van der Waals surface area contributed by atoms with E-state index in [1.165, 1.54) is 9.75 Å². The standard InChI is InChI=1S/C13H23NOS/c1-6-15-13(4,5)9-14-11(3)12-8-7-10(2)16-12/h7-8,11,14H,6,9H2,1-5H3. The summed E-state index contributed by atoms with van der Waals surface area (Å²) < 4.78 is 5.66. The van der Waals surface area contributed by atoms with Crippen LogP contribution in [0.3, 0.4) is 0 Å². The maximum Gasteiger partial charge on any atom is 0.0750 e. The van der Waals surface area contributed by atoms with Crippen molar-refractivity contribution >= 4 is 11.3 Å². The zero-order valence-electron chi connectivity index (χ0n) is 11.0. The molecule has 0 bridgehead atoms. The van der Waals surface area contributed by atoms with Crippen molar-refractivity contribution in [1.29, 1.82) is 0 Å². The normalized spacial score (nSPS) is 14.1. The van der Waals surface area contributed by atoms with Crippen LogP contribution in [0.25, 0.3) is 0 Å². The Hall–Kier alpha value is -0.380. The van der Waals surface area contributed by atoms with Crippen LogP contribution in [-0.2, 0) is 4.74 Å². The Labute approximate surface area is 103 Å². The van der Waals surface area contributed by atoms with Crippen LogP contribution in [0.4, 0.5) is 0 Å². The van der Waals surface area contributed by atoms with Crippen LogP contribution in [0.15, 0.2) is 12.1 Å². The minimum atomic E-state index is -0.0880. The second kappa shape index (κ2) is 5.80. The summed E-state index contributed by atoms with van der Waals surface area (Å²) in [7, 11) is 0. The average molecular weight is 241 g/mol. The number of nitrogens with one attached hydrogen (secondary N) is 1. The van der Waals surface area contributed by atoms with Crippen LogP contribution in [0.5, 0.6) is 0 Å². The Morgan fingerprint density at radius 1 is 1.44 bits per heavy atom. The summed E-state index contributed by atoms with van der Waals surface area (Å²) in [6.45, 7) is 12.3. The Kier molecular flexibility index (Phi) is 4.96. The highest BCUT2D eigenvalue weighted by molar-refractivity contribution is 7.12. The van der Waals surface area contributed by atoms with Crippen LogP contribution >= 0.6 is 11.3 Å². The van der Waals surface area contributed by atoms with Gasteiger partial charge in [0.1, 0.15) is 0 Å². The number of thiophene rings is 1. The molecule has 1 atom stereocenters. The van der Waals surface area contributed by atoms with E-state index in [-0.39, 0.29) is 5.60 Å². The van der Waals surface area contributed by atoms with Gasteiger partial charge in [-0.25, -0.2) is 0 Å². The van der Waals surface area contributed by atoms with Gasteiger partial charge in [-0.2, -0.15) is 0 Å². The third-order valence-corrected chi connectivity index (χ3v) is 3.74. The van der Waals surface area contributed by atoms with E-state index in [0.717, 1.165) is 13.2 Å². The van der Waals surface area contributed by atoms with Crippen LogP contribution < -0.4 is 5.32 Å². The predicted molar refractivity (Wildman–Crippen MR) is 71.2 cm³/mol. The van der Waals surface area contributed by atoms with Crippen LogP contribution in [-0.4, -0.2) is 18.8 Å². The lowest BCUT2D eigenvalue weighted by Crippen LogP contribution is -2.38. The third-order valence-electron chi connectivity index (χ3n) is 2.56. The fraction of sp³-hybridized carbons (Fsp3) is 0.692. The van der Waals surface area contributed by atoms with Gasteiger partial charge in [0.05, 0.1) is 5.60 Å². The first kappa shape index (κ1) is 13.7. The quantitative estimate of drug-likeness (QED) is 0.822. The molecule has 1 aromatic rings. The summed E-state index contributed by atoms with van der Waals surface area (Å²) in [4.78, 5) is 2.76. The van der Waals surface area contributed by atoms with Gasteiger partial charge >= 0.3 is 0 Å². The molecule has 0 aromatic carbocycles. The molecule has 1 rings (SSSR count). The molecule has 0 aliphatic carbocycles. The molecule has 0 aliphatic rings. The highest BCUT2D eigenvalue weighted by Gasteiger charge is 2.18. The maximum absolute atomic E-state index is 5.66. The van der Waals surface area contributed by atoms with Gasteiger partial charge in [-0.05, 0) is 46.8 Å². The minimum Gasteiger partial charge on any atom is -0.375 e. The molecule has 0 radical (unpaired) electrons. The van der Waals surface area contributed by atoms with Crippen molar-refractivity contribution in [3.8, 4) is 0 Å². The van der Waals surface area contributed by atoms with Crippen molar-refractivity contribution in [3.63, 3.8) is 0 Å². The number of hydrogen-bond donors (Lipinski definition) is 1.